The Morgan fingerprint density at radius 1 is 1.26 bits per heavy atom. The van der Waals surface area contributed by atoms with Crippen LogP contribution in [0, 0.1) is 5.92 Å². The minimum absolute atomic E-state index is 0.0324. The van der Waals surface area contributed by atoms with E-state index in [0.717, 1.165) is 17.7 Å². The Hall–Kier alpha value is -1.77. The van der Waals surface area contributed by atoms with Crippen LogP contribution in [0.15, 0.2) is 30.3 Å². The van der Waals surface area contributed by atoms with Gasteiger partial charge in [0.25, 0.3) is 0 Å². The molecule has 1 amide bonds. The van der Waals surface area contributed by atoms with Crippen molar-refractivity contribution in [1.82, 2.24) is 4.90 Å². The van der Waals surface area contributed by atoms with Crippen molar-refractivity contribution in [3.05, 3.63) is 35.9 Å². The molecule has 1 rings (SSSR count). The van der Waals surface area contributed by atoms with E-state index in [2.05, 4.69) is 20.8 Å². The van der Waals surface area contributed by atoms with Gasteiger partial charge in [-0.15, -0.1) is 0 Å². The molecule has 1 atom stereocenters. The van der Waals surface area contributed by atoms with Gasteiger partial charge >= 0.3 is 0 Å². The third kappa shape index (κ3) is 5.16. The molecule has 0 aliphatic rings. The van der Waals surface area contributed by atoms with Gasteiger partial charge in [0.15, 0.2) is 0 Å². The van der Waals surface area contributed by atoms with Crippen LogP contribution in [0.4, 0.5) is 5.69 Å². The van der Waals surface area contributed by atoms with Crippen molar-refractivity contribution < 1.29 is 4.79 Å². The maximum atomic E-state index is 12.0. The van der Waals surface area contributed by atoms with E-state index < -0.39 is 0 Å². The average molecular weight is 260 g/mol. The number of anilines is 1. The quantitative estimate of drug-likeness (QED) is 0.653. The van der Waals surface area contributed by atoms with Crippen LogP contribution in [0.25, 0.3) is 6.08 Å². The van der Waals surface area contributed by atoms with Crippen molar-refractivity contribution in [1.29, 1.82) is 0 Å². The molecular formula is C16H24N2O. The minimum Gasteiger partial charge on any atom is -0.399 e. The van der Waals surface area contributed by atoms with Crippen molar-refractivity contribution in [3.63, 3.8) is 0 Å². The molecule has 2 N–H and O–H groups in total. The van der Waals surface area contributed by atoms with Crippen LogP contribution in [0.3, 0.4) is 0 Å². The summed E-state index contributed by atoms with van der Waals surface area (Å²) in [4.78, 5) is 13.8. The van der Waals surface area contributed by atoms with Gasteiger partial charge in [0.2, 0.25) is 5.91 Å². The van der Waals surface area contributed by atoms with Crippen LogP contribution in [-0.4, -0.2) is 23.9 Å². The van der Waals surface area contributed by atoms with E-state index in [1.807, 2.05) is 37.4 Å². The molecule has 0 saturated heterocycles. The highest BCUT2D eigenvalue weighted by Gasteiger charge is 2.14. The third-order valence-corrected chi connectivity index (χ3v) is 3.18. The number of amides is 1. The number of nitrogens with zero attached hydrogens (tertiary/aromatic N) is 1. The van der Waals surface area contributed by atoms with Crippen molar-refractivity contribution in [3.8, 4) is 0 Å². The van der Waals surface area contributed by atoms with E-state index >= 15 is 0 Å². The van der Waals surface area contributed by atoms with Gasteiger partial charge < -0.3 is 10.6 Å². The summed E-state index contributed by atoms with van der Waals surface area (Å²) in [6.45, 7) is 6.41. The Kier molecular flexibility index (Phi) is 5.61. The van der Waals surface area contributed by atoms with E-state index in [1.54, 1.807) is 11.0 Å². The van der Waals surface area contributed by atoms with Gasteiger partial charge in [-0.3, -0.25) is 4.79 Å². The molecule has 3 nitrogen and oxygen atoms in total. The van der Waals surface area contributed by atoms with E-state index in [9.17, 15) is 4.79 Å². The highest BCUT2D eigenvalue weighted by Crippen LogP contribution is 2.11. The first-order valence-corrected chi connectivity index (χ1v) is 6.70. The predicted molar refractivity (Wildman–Crippen MR) is 81.6 cm³/mol. The monoisotopic (exact) mass is 260 g/mol. The second-order valence-corrected chi connectivity index (χ2v) is 5.43. The minimum atomic E-state index is 0.0324. The summed E-state index contributed by atoms with van der Waals surface area (Å²) in [6.07, 6.45) is 4.45. The number of carbonyl (C=O) groups is 1. The standard InChI is InChI=1S/C16H24N2O/c1-12(2)11-13(3)18(4)16(19)10-7-14-5-8-15(17)9-6-14/h5-10,12-13H,11,17H2,1-4H3/b10-7+. The molecule has 0 radical (unpaired) electrons. The number of benzene rings is 1. The lowest BCUT2D eigenvalue weighted by molar-refractivity contribution is -0.126. The first-order chi connectivity index (χ1) is 8.90. The van der Waals surface area contributed by atoms with Crippen LogP contribution in [0.5, 0.6) is 0 Å². The Labute approximate surface area is 116 Å². The topological polar surface area (TPSA) is 46.3 Å². The number of carbonyl (C=O) groups excluding carboxylic acids is 1. The molecule has 0 fully saturated rings. The number of likely N-dealkylation sites (N-methyl/N-ethyl adjacent to an activating group) is 1. The maximum absolute atomic E-state index is 12.0. The summed E-state index contributed by atoms with van der Waals surface area (Å²) in [6, 6.07) is 7.71. The number of rotatable bonds is 5. The first kappa shape index (κ1) is 15.3. The van der Waals surface area contributed by atoms with Crippen LogP contribution < -0.4 is 5.73 Å². The van der Waals surface area contributed by atoms with Crippen molar-refractivity contribution in [2.75, 3.05) is 12.8 Å². The molecule has 1 aromatic rings. The lowest BCUT2D eigenvalue weighted by atomic mass is 10.0. The summed E-state index contributed by atoms with van der Waals surface area (Å²) < 4.78 is 0. The molecule has 0 heterocycles. The lowest BCUT2D eigenvalue weighted by Crippen LogP contribution is -2.34. The zero-order valence-electron chi connectivity index (χ0n) is 12.3. The summed E-state index contributed by atoms with van der Waals surface area (Å²) in [5.74, 6) is 0.622. The highest BCUT2D eigenvalue weighted by molar-refractivity contribution is 5.91. The van der Waals surface area contributed by atoms with Crippen molar-refractivity contribution in [2.24, 2.45) is 5.92 Å². The molecule has 104 valence electrons. The van der Waals surface area contributed by atoms with Gasteiger partial charge in [0.05, 0.1) is 0 Å². The zero-order chi connectivity index (χ0) is 14.4. The third-order valence-electron chi connectivity index (χ3n) is 3.18. The van der Waals surface area contributed by atoms with E-state index in [4.69, 9.17) is 5.73 Å². The predicted octanol–water partition coefficient (Wildman–Crippen LogP) is 3.18. The summed E-state index contributed by atoms with van der Waals surface area (Å²) in [5.41, 5.74) is 7.32. The summed E-state index contributed by atoms with van der Waals surface area (Å²) in [5, 5.41) is 0. The van der Waals surface area contributed by atoms with Crippen LogP contribution in [-0.2, 0) is 4.79 Å². The first-order valence-electron chi connectivity index (χ1n) is 6.70. The summed E-state index contributed by atoms with van der Waals surface area (Å²) >= 11 is 0. The van der Waals surface area contributed by atoms with Gasteiger partial charge in [-0.05, 0) is 43.0 Å². The molecule has 3 heteroatoms. The average Bonchev–Trinajstić information content (AvgIpc) is 2.36. The second-order valence-electron chi connectivity index (χ2n) is 5.43. The van der Waals surface area contributed by atoms with Crippen LogP contribution in [0.2, 0.25) is 0 Å². The Morgan fingerprint density at radius 3 is 2.37 bits per heavy atom. The molecule has 0 bridgehead atoms. The van der Waals surface area contributed by atoms with Gasteiger partial charge in [0.1, 0.15) is 0 Å². The Balaban J connectivity index is 2.60. The van der Waals surface area contributed by atoms with Gasteiger partial charge in [-0.1, -0.05) is 26.0 Å². The molecule has 0 aliphatic heterocycles. The van der Waals surface area contributed by atoms with Gasteiger partial charge in [-0.2, -0.15) is 0 Å². The Bertz CT molecular complexity index is 435. The fraction of sp³-hybridized carbons (Fsp3) is 0.438. The molecule has 19 heavy (non-hydrogen) atoms. The normalized spacial score (nSPS) is 12.9. The molecule has 1 aromatic carbocycles. The smallest absolute Gasteiger partial charge is 0.246 e. The SMILES string of the molecule is CC(C)CC(C)N(C)C(=O)/C=C/c1ccc(N)cc1. The number of hydrogen-bond donors (Lipinski definition) is 1. The second kappa shape index (κ2) is 6.98. The van der Waals surface area contributed by atoms with Crippen molar-refractivity contribution in [2.45, 2.75) is 33.2 Å². The van der Waals surface area contributed by atoms with E-state index in [1.165, 1.54) is 0 Å². The highest BCUT2D eigenvalue weighted by atomic mass is 16.2. The van der Waals surface area contributed by atoms with Crippen molar-refractivity contribution >= 4 is 17.7 Å². The zero-order valence-corrected chi connectivity index (χ0v) is 12.3. The van der Waals surface area contributed by atoms with Gasteiger partial charge in [0, 0.05) is 24.9 Å². The van der Waals surface area contributed by atoms with Gasteiger partial charge in [-0.25, -0.2) is 0 Å². The molecule has 0 aromatic heterocycles. The fourth-order valence-electron chi connectivity index (χ4n) is 1.95. The maximum Gasteiger partial charge on any atom is 0.246 e. The number of nitrogen functional groups attached to an aromatic ring is 1. The lowest BCUT2D eigenvalue weighted by Gasteiger charge is -2.25. The van der Waals surface area contributed by atoms with E-state index in [-0.39, 0.29) is 11.9 Å². The fourth-order valence-corrected chi connectivity index (χ4v) is 1.95. The molecule has 1 unspecified atom stereocenters. The molecule has 0 aliphatic carbocycles. The molecule has 0 saturated carbocycles. The van der Waals surface area contributed by atoms with Crippen LogP contribution >= 0.6 is 0 Å². The largest absolute Gasteiger partial charge is 0.399 e. The Morgan fingerprint density at radius 2 is 1.84 bits per heavy atom. The summed E-state index contributed by atoms with van der Waals surface area (Å²) in [7, 11) is 1.85. The molecule has 0 spiro atoms. The van der Waals surface area contributed by atoms with Crippen LogP contribution in [0.1, 0.15) is 32.8 Å². The number of nitrogens with two attached hydrogens (primary N) is 1. The van der Waals surface area contributed by atoms with E-state index in [0.29, 0.717) is 5.92 Å². The number of hydrogen-bond acceptors (Lipinski definition) is 2. The molecular weight excluding hydrogens is 236 g/mol.